The van der Waals surface area contributed by atoms with Gasteiger partial charge < -0.3 is 10.6 Å². The van der Waals surface area contributed by atoms with E-state index in [2.05, 4.69) is 59.3 Å². The molecule has 0 unspecified atom stereocenters. The van der Waals surface area contributed by atoms with Gasteiger partial charge in [-0.15, -0.1) is 11.3 Å². The summed E-state index contributed by atoms with van der Waals surface area (Å²) in [7, 11) is 0. The van der Waals surface area contributed by atoms with E-state index in [1.54, 1.807) is 11.3 Å². The number of hydrogen-bond donors (Lipinski definition) is 2. The first-order chi connectivity index (χ1) is 12.7. The standard InChI is InChI=1S/C22H24N2OS/c1-3-17-11-13-18(14-12-17)21(20-10-7-15-26-20)23-16(2)22(25)24-19-8-5-4-6-9-19/h4-16,21,23H,3H2,1-2H3,(H,24,25)/p+1/t16-,21+/m1/s1. The molecule has 3 rings (SSSR count). The van der Waals surface area contributed by atoms with Crippen LogP contribution in [0.25, 0.3) is 0 Å². The van der Waals surface area contributed by atoms with Crippen molar-refractivity contribution >= 4 is 22.9 Å². The lowest BCUT2D eigenvalue weighted by atomic mass is 10.0. The summed E-state index contributed by atoms with van der Waals surface area (Å²) < 4.78 is 0. The number of amides is 1. The van der Waals surface area contributed by atoms with Crippen LogP contribution in [-0.4, -0.2) is 11.9 Å². The molecule has 26 heavy (non-hydrogen) atoms. The molecule has 0 spiro atoms. The highest BCUT2D eigenvalue weighted by atomic mass is 32.1. The quantitative estimate of drug-likeness (QED) is 0.653. The summed E-state index contributed by atoms with van der Waals surface area (Å²) in [5.74, 6) is 0.0166. The number of quaternary nitrogens is 1. The van der Waals surface area contributed by atoms with Crippen LogP contribution in [0.5, 0.6) is 0 Å². The van der Waals surface area contributed by atoms with E-state index in [4.69, 9.17) is 0 Å². The van der Waals surface area contributed by atoms with Crippen molar-refractivity contribution in [3.63, 3.8) is 0 Å². The predicted octanol–water partition coefficient (Wildman–Crippen LogP) is 3.99. The number of carbonyl (C=O) groups is 1. The van der Waals surface area contributed by atoms with E-state index in [1.165, 1.54) is 16.0 Å². The van der Waals surface area contributed by atoms with E-state index in [1.807, 2.05) is 37.3 Å². The molecule has 0 radical (unpaired) electrons. The molecule has 0 aliphatic rings. The van der Waals surface area contributed by atoms with Gasteiger partial charge in [0.15, 0.2) is 6.04 Å². The predicted molar refractivity (Wildman–Crippen MR) is 108 cm³/mol. The number of nitrogens with one attached hydrogen (secondary N) is 1. The molecule has 1 amide bonds. The third-order valence-corrected chi connectivity index (χ3v) is 5.49. The van der Waals surface area contributed by atoms with Crippen molar-refractivity contribution in [3.8, 4) is 0 Å². The lowest BCUT2D eigenvalue weighted by Crippen LogP contribution is -2.92. The van der Waals surface area contributed by atoms with Gasteiger partial charge in [-0.1, -0.05) is 55.5 Å². The summed E-state index contributed by atoms with van der Waals surface area (Å²) in [6, 6.07) is 22.5. The summed E-state index contributed by atoms with van der Waals surface area (Å²) in [4.78, 5) is 13.9. The molecule has 3 aromatic rings. The van der Waals surface area contributed by atoms with Gasteiger partial charge in [0.25, 0.3) is 5.91 Å². The van der Waals surface area contributed by atoms with Gasteiger partial charge in [-0.2, -0.15) is 0 Å². The van der Waals surface area contributed by atoms with Gasteiger partial charge in [0, 0.05) is 11.3 Å². The molecule has 0 saturated heterocycles. The number of benzene rings is 2. The maximum Gasteiger partial charge on any atom is 0.282 e. The topological polar surface area (TPSA) is 45.7 Å². The fraction of sp³-hybridized carbons (Fsp3) is 0.227. The normalized spacial score (nSPS) is 13.2. The second-order valence-electron chi connectivity index (χ2n) is 6.42. The molecule has 0 bridgehead atoms. The number of rotatable bonds is 7. The second-order valence-corrected chi connectivity index (χ2v) is 7.40. The van der Waals surface area contributed by atoms with E-state index in [0.29, 0.717) is 0 Å². The zero-order valence-electron chi connectivity index (χ0n) is 15.2. The molecule has 2 atom stereocenters. The van der Waals surface area contributed by atoms with Crippen LogP contribution >= 0.6 is 11.3 Å². The lowest BCUT2D eigenvalue weighted by molar-refractivity contribution is -0.703. The van der Waals surface area contributed by atoms with E-state index in [9.17, 15) is 4.79 Å². The van der Waals surface area contributed by atoms with Gasteiger partial charge in [0.05, 0.1) is 4.88 Å². The Morgan fingerprint density at radius 3 is 2.38 bits per heavy atom. The van der Waals surface area contributed by atoms with Gasteiger partial charge >= 0.3 is 0 Å². The van der Waals surface area contributed by atoms with Crippen LogP contribution in [0.15, 0.2) is 72.1 Å². The van der Waals surface area contributed by atoms with Crippen LogP contribution < -0.4 is 10.6 Å². The first-order valence-corrected chi connectivity index (χ1v) is 9.88. The summed E-state index contributed by atoms with van der Waals surface area (Å²) in [5, 5.41) is 7.23. The highest BCUT2D eigenvalue weighted by molar-refractivity contribution is 7.10. The van der Waals surface area contributed by atoms with E-state index < -0.39 is 0 Å². The number of aryl methyl sites for hydroxylation is 1. The fourth-order valence-electron chi connectivity index (χ4n) is 2.95. The molecule has 0 aliphatic heterocycles. The average Bonchev–Trinajstić information content (AvgIpc) is 3.21. The van der Waals surface area contributed by atoms with Gasteiger partial charge in [0.2, 0.25) is 0 Å². The number of hydrogen-bond acceptors (Lipinski definition) is 2. The number of para-hydroxylation sites is 1. The summed E-state index contributed by atoms with van der Waals surface area (Å²) in [5.41, 5.74) is 3.38. The fourth-order valence-corrected chi connectivity index (χ4v) is 3.79. The third-order valence-electron chi connectivity index (χ3n) is 4.53. The first-order valence-electron chi connectivity index (χ1n) is 9.00. The smallest absolute Gasteiger partial charge is 0.282 e. The Bertz CT molecular complexity index is 813. The van der Waals surface area contributed by atoms with E-state index in [0.717, 1.165) is 12.1 Å². The summed E-state index contributed by atoms with van der Waals surface area (Å²) in [6.07, 6.45) is 1.03. The molecule has 3 N–H and O–H groups in total. The molecule has 2 aromatic carbocycles. The Morgan fingerprint density at radius 2 is 1.77 bits per heavy atom. The summed E-state index contributed by atoms with van der Waals surface area (Å²) in [6.45, 7) is 4.12. The third kappa shape index (κ3) is 4.59. The van der Waals surface area contributed by atoms with Crippen molar-refractivity contribution in [2.75, 3.05) is 5.32 Å². The van der Waals surface area contributed by atoms with Gasteiger partial charge in [-0.25, -0.2) is 0 Å². The highest BCUT2D eigenvalue weighted by Crippen LogP contribution is 2.23. The molecule has 0 aliphatic carbocycles. The Morgan fingerprint density at radius 1 is 1.04 bits per heavy atom. The van der Waals surface area contributed by atoms with E-state index >= 15 is 0 Å². The van der Waals surface area contributed by atoms with Crippen molar-refractivity contribution in [2.45, 2.75) is 32.4 Å². The second kappa shape index (κ2) is 8.79. The van der Waals surface area contributed by atoms with Crippen LogP contribution in [0.1, 0.15) is 35.9 Å². The van der Waals surface area contributed by atoms with Crippen molar-refractivity contribution in [3.05, 3.63) is 88.1 Å². The number of thiophene rings is 1. The van der Waals surface area contributed by atoms with Crippen LogP contribution in [-0.2, 0) is 11.2 Å². The molecule has 4 heteroatoms. The average molecular weight is 366 g/mol. The molecule has 0 saturated carbocycles. The molecule has 3 nitrogen and oxygen atoms in total. The number of carbonyl (C=O) groups excluding carboxylic acids is 1. The lowest BCUT2D eigenvalue weighted by Gasteiger charge is -2.19. The van der Waals surface area contributed by atoms with Crippen LogP contribution in [0.4, 0.5) is 5.69 Å². The van der Waals surface area contributed by atoms with Gasteiger partial charge in [-0.05, 0) is 42.5 Å². The molecule has 1 aromatic heterocycles. The van der Waals surface area contributed by atoms with E-state index in [-0.39, 0.29) is 18.0 Å². The zero-order valence-corrected chi connectivity index (χ0v) is 16.0. The molecular formula is C22H25N2OS+. The Labute approximate surface area is 159 Å². The minimum absolute atomic E-state index is 0.0166. The van der Waals surface area contributed by atoms with Crippen LogP contribution in [0, 0.1) is 0 Å². The zero-order chi connectivity index (χ0) is 18.4. The van der Waals surface area contributed by atoms with Crippen molar-refractivity contribution in [1.29, 1.82) is 0 Å². The van der Waals surface area contributed by atoms with Gasteiger partial charge in [0.1, 0.15) is 6.04 Å². The Kier molecular flexibility index (Phi) is 6.21. The monoisotopic (exact) mass is 365 g/mol. The maximum atomic E-state index is 12.6. The molecular weight excluding hydrogens is 340 g/mol. The minimum Gasteiger partial charge on any atom is -0.326 e. The van der Waals surface area contributed by atoms with Gasteiger partial charge in [-0.3, -0.25) is 4.79 Å². The number of anilines is 1. The molecule has 0 fully saturated rings. The van der Waals surface area contributed by atoms with Crippen LogP contribution in [0.3, 0.4) is 0 Å². The summed E-state index contributed by atoms with van der Waals surface area (Å²) >= 11 is 1.73. The Balaban J connectivity index is 1.75. The SMILES string of the molecule is CCc1ccc([C@H]([NH2+][C@H](C)C(=O)Nc2ccccc2)c2cccs2)cc1. The largest absolute Gasteiger partial charge is 0.326 e. The van der Waals surface area contributed by atoms with Crippen molar-refractivity contribution in [1.82, 2.24) is 0 Å². The van der Waals surface area contributed by atoms with Crippen molar-refractivity contribution < 1.29 is 10.1 Å². The highest BCUT2D eigenvalue weighted by Gasteiger charge is 2.25. The maximum absolute atomic E-state index is 12.6. The first kappa shape index (κ1) is 18.4. The minimum atomic E-state index is -0.201. The Hall–Kier alpha value is -2.43. The van der Waals surface area contributed by atoms with Crippen molar-refractivity contribution in [2.24, 2.45) is 0 Å². The molecule has 134 valence electrons. The molecule has 1 heterocycles. The van der Waals surface area contributed by atoms with Crippen LogP contribution in [0.2, 0.25) is 0 Å². The number of nitrogens with two attached hydrogens (primary N) is 1.